The fourth-order valence-corrected chi connectivity index (χ4v) is 3.38. The summed E-state index contributed by atoms with van der Waals surface area (Å²) in [6.07, 6.45) is -0.362. The van der Waals surface area contributed by atoms with Crippen LogP contribution >= 0.6 is 11.6 Å². The highest BCUT2D eigenvalue weighted by molar-refractivity contribution is 6.76. The number of halogens is 2. The molecule has 7 nitrogen and oxygen atoms in total. The molecule has 0 radical (unpaired) electrons. The lowest BCUT2D eigenvalue weighted by molar-refractivity contribution is -0.483. The quantitative estimate of drug-likeness (QED) is 0.120. The van der Waals surface area contributed by atoms with Gasteiger partial charge in [0.25, 0.3) is 0 Å². The minimum atomic E-state index is -1.26. The van der Waals surface area contributed by atoms with Crippen LogP contribution in [0.2, 0.25) is 30.7 Å². The number of rotatable bonds is 12. The van der Waals surface area contributed by atoms with E-state index in [1.807, 2.05) is 0 Å². The largest absolute Gasteiger partial charge is 0.467 e. The summed E-state index contributed by atoms with van der Waals surface area (Å²) in [6.45, 7) is 8.07. The van der Waals surface area contributed by atoms with Crippen LogP contribution in [0.25, 0.3) is 0 Å². The maximum atomic E-state index is 14.7. The molecule has 0 saturated heterocycles. The lowest BCUT2D eigenvalue weighted by Gasteiger charge is -2.19. The van der Waals surface area contributed by atoms with E-state index in [0.717, 1.165) is 6.04 Å². The van der Waals surface area contributed by atoms with E-state index in [9.17, 15) is 19.3 Å². The first-order valence-electron chi connectivity index (χ1n) is 9.01. The molecule has 1 atom stereocenters. The normalized spacial score (nSPS) is 12.5. The number of benzene rings is 1. The van der Waals surface area contributed by atoms with Gasteiger partial charge in [-0.1, -0.05) is 31.2 Å². The lowest BCUT2D eigenvalue weighted by atomic mass is 9.94. The molecule has 0 aliphatic heterocycles. The molecule has 0 aromatic heterocycles. The Labute approximate surface area is 170 Å². The molecule has 0 fully saturated rings. The first-order chi connectivity index (χ1) is 13.0. The topological polar surface area (TPSA) is 87.9 Å². The number of esters is 1. The summed E-state index contributed by atoms with van der Waals surface area (Å²) >= 11 is 5.85. The second kappa shape index (κ2) is 11.3. The van der Waals surface area contributed by atoms with Crippen molar-refractivity contribution in [2.45, 2.75) is 44.9 Å². The van der Waals surface area contributed by atoms with Crippen molar-refractivity contribution in [2.24, 2.45) is 0 Å². The Balaban J connectivity index is 3.00. The number of nitro groups is 1. The number of hydrogen-bond donors (Lipinski definition) is 0. The number of ether oxygens (including phenoxy) is 3. The monoisotopic (exact) mass is 435 g/mol. The number of hydrogen-bond acceptors (Lipinski definition) is 6. The maximum absolute atomic E-state index is 14.7. The summed E-state index contributed by atoms with van der Waals surface area (Å²) in [6, 6.07) is 3.65. The average molecular weight is 436 g/mol. The molecule has 28 heavy (non-hydrogen) atoms. The van der Waals surface area contributed by atoms with Crippen molar-refractivity contribution in [3.63, 3.8) is 0 Å². The Morgan fingerprint density at radius 2 is 2.04 bits per heavy atom. The molecule has 10 heteroatoms. The first-order valence-corrected chi connectivity index (χ1v) is 13.1. The van der Waals surface area contributed by atoms with Crippen molar-refractivity contribution in [1.82, 2.24) is 0 Å². The maximum Gasteiger partial charge on any atom is 0.306 e. The fraction of sp³-hybridized carbons (Fsp3) is 0.611. The van der Waals surface area contributed by atoms with Crippen LogP contribution in [-0.2, 0) is 14.3 Å². The summed E-state index contributed by atoms with van der Waals surface area (Å²) in [4.78, 5) is 22.3. The number of nitrogens with zero attached hydrogens (tertiary/aromatic N) is 1. The third-order valence-corrected chi connectivity index (χ3v) is 5.88. The van der Waals surface area contributed by atoms with Crippen LogP contribution in [-0.4, -0.2) is 45.5 Å². The zero-order chi connectivity index (χ0) is 21.3. The van der Waals surface area contributed by atoms with Crippen LogP contribution < -0.4 is 4.74 Å². The molecule has 0 unspecified atom stereocenters. The van der Waals surface area contributed by atoms with E-state index >= 15 is 0 Å². The Kier molecular flexibility index (Phi) is 9.84. The molecule has 0 spiro atoms. The van der Waals surface area contributed by atoms with E-state index in [-0.39, 0.29) is 36.2 Å². The molecule has 0 amide bonds. The van der Waals surface area contributed by atoms with Gasteiger partial charge in [-0.15, -0.1) is 0 Å². The van der Waals surface area contributed by atoms with E-state index in [2.05, 4.69) is 19.6 Å². The zero-order valence-corrected chi connectivity index (χ0v) is 18.4. The Morgan fingerprint density at radius 3 is 2.61 bits per heavy atom. The highest BCUT2D eigenvalue weighted by Gasteiger charge is 2.30. The molecule has 1 rings (SSSR count). The van der Waals surface area contributed by atoms with Gasteiger partial charge < -0.3 is 14.2 Å². The summed E-state index contributed by atoms with van der Waals surface area (Å²) in [5, 5.41) is 10.9. The van der Waals surface area contributed by atoms with Gasteiger partial charge in [-0.05, 0) is 25.1 Å². The lowest BCUT2D eigenvalue weighted by Crippen LogP contribution is -2.22. The SMILES string of the molecule is CCOC(=O)C[C@@H](C[N+](=O)[O-])c1c(OCOCC[Si](C)(C)C)ccc(Cl)c1F. The highest BCUT2D eigenvalue weighted by Crippen LogP contribution is 2.35. The van der Waals surface area contributed by atoms with Gasteiger partial charge in [-0.3, -0.25) is 14.9 Å². The van der Waals surface area contributed by atoms with Crippen LogP contribution in [0, 0.1) is 15.9 Å². The van der Waals surface area contributed by atoms with Gasteiger partial charge in [-0.25, -0.2) is 4.39 Å². The van der Waals surface area contributed by atoms with Crippen molar-refractivity contribution in [2.75, 3.05) is 26.6 Å². The van der Waals surface area contributed by atoms with Crippen LogP contribution in [0.3, 0.4) is 0 Å². The van der Waals surface area contributed by atoms with Crippen molar-refractivity contribution >= 4 is 25.6 Å². The standard InChI is InChI=1S/C18H27ClFNO6Si/c1-5-26-16(22)10-13(11-21(23)24)17-15(7-6-14(19)18(17)20)27-12-25-8-9-28(2,3)4/h6-7,13H,5,8-12H2,1-4H3/t13-/m0/s1. The molecule has 0 heterocycles. The van der Waals surface area contributed by atoms with Crippen LogP contribution in [0.5, 0.6) is 5.75 Å². The van der Waals surface area contributed by atoms with Crippen LogP contribution in [0.4, 0.5) is 4.39 Å². The van der Waals surface area contributed by atoms with Gasteiger partial charge in [0.2, 0.25) is 6.54 Å². The van der Waals surface area contributed by atoms with Gasteiger partial charge in [-0.2, -0.15) is 0 Å². The Morgan fingerprint density at radius 1 is 1.36 bits per heavy atom. The first kappa shape index (κ1) is 24.3. The van der Waals surface area contributed by atoms with Crippen molar-refractivity contribution in [1.29, 1.82) is 0 Å². The van der Waals surface area contributed by atoms with Crippen molar-refractivity contribution in [3.8, 4) is 5.75 Å². The van der Waals surface area contributed by atoms with E-state index < -0.39 is 37.2 Å². The molecule has 1 aromatic carbocycles. The molecular formula is C18H27ClFNO6Si. The molecule has 0 N–H and O–H groups in total. The molecule has 0 aliphatic carbocycles. The van der Waals surface area contributed by atoms with E-state index in [1.54, 1.807) is 6.92 Å². The molecule has 1 aromatic rings. The minimum Gasteiger partial charge on any atom is -0.467 e. The Bertz CT molecular complexity index is 683. The van der Waals surface area contributed by atoms with Gasteiger partial charge >= 0.3 is 5.97 Å². The molecular weight excluding hydrogens is 409 g/mol. The summed E-state index contributed by atoms with van der Waals surface area (Å²) in [5.41, 5.74) is -0.119. The minimum absolute atomic E-state index is 0.0612. The smallest absolute Gasteiger partial charge is 0.306 e. The zero-order valence-electron chi connectivity index (χ0n) is 16.6. The van der Waals surface area contributed by atoms with Gasteiger partial charge in [0.1, 0.15) is 11.6 Å². The summed E-state index contributed by atoms with van der Waals surface area (Å²) in [5.74, 6) is -2.53. The third-order valence-electron chi connectivity index (χ3n) is 3.88. The number of carbonyl (C=O) groups is 1. The molecule has 158 valence electrons. The summed E-state index contributed by atoms with van der Waals surface area (Å²) < 4.78 is 30.5. The van der Waals surface area contributed by atoms with Crippen LogP contribution in [0.1, 0.15) is 24.8 Å². The second-order valence-corrected chi connectivity index (χ2v) is 13.5. The molecule has 0 bridgehead atoms. The highest BCUT2D eigenvalue weighted by atomic mass is 35.5. The van der Waals surface area contributed by atoms with Crippen LogP contribution in [0.15, 0.2) is 12.1 Å². The van der Waals surface area contributed by atoms with Gasteiger partial charge in [0.05, 0.1) is 24.0 Å². The summed E-state index contributed by atoms with van der Waals surface area (Å²) in [7, 11) is -1.26. The second-order valence-electron chi connectivity index (χ2n) is 7.48. The van der Waals surface area contributed by atoms with E-state index in [1.165, 1.54) is 12.1 Å². The van der Waals surface area contributed by atoms with Crippen molar-refractivity contribution < 1.29 is 28.3 Å². The number of carbonyl (C=O) groups excluding carboxylic acids is 1. The predicted octanol–water partition coefficient (Wildman–Crippen LogP) is 4.48. The Hall–Kier alpha value is -1.71. The van der Waals surface area contributed by atoms with Crippen molar-refractivity contribution in [3.05, 3.63) is 38.7 Å². The van der Waals surface area contributed by atoms with Gasteiger partial charge in [0, 0.05) is 25.2 Å². The molecule has 0 aliphatic rings. The third kappa shape index (κ3) is 8.53. The van der Waals surface area contributed by atoms with E-state index in [0.29, 0.717) is 6.61 Å². The molecule has 0 saturated carbocycles. The van der Waals surface area contributed by atoms with E-state index in [4.69, 9.17) is 25.8 Å². The fourth-order valence-electron chi connectivity index (χ4n) is 2.46. The average Bonchev–Trinajstić information content (AvgIpc) is 2.56. The predicted molar refractivity (Wildman–Crippen MR) is 107 cm³/mol. The van der Waals surface area contributed by atoms with Gasteiger partial charge in [0.15, 0.2) is 6.79 Å².